The van der Waals surface area contributed by atoms with Gasteiger partial charge in [0.05, 0.1) is 6.10 Å². The molecule has 0 aromatic heterocycles. The molecule has 1 heteroatoms. The predicted molar refractivity (Wildman–Crippen MR) is 123 cm³/mol. The Balaban J connectivity index is 1.57. The van der Waals surface area contributed by atoms with Crippen LogP contribution in [-0.2, 0) is 0 Å². The van der Waals surface area contributed by atoms with Gasteiger partial charge in [-0.25, -0.2) is 0 Å². The minimum atomic E-state index is -0.116. The summed E-state index contributed by atoms with van der Waals surface area (Å²) in [5.41, 5.74) is 4.07. The number of aliphatic hydroxyl groups is 1. The van der Waals surface area contributed by atoms with Crippen LogP contribution in [0.2, 0.25) is 0 Å². The van der Waals surface area contributed by atoms with Crippen LogP contribution in [0, 0.1) is 46.3 Å². The van der Waals surface area contributed by atoms with Gasteiger partial charge in [-0.2, -0.15) is 0 Å². The third-order valence-corrected chi connectivity index (χ3v) is 10.0. The molecule has 0 spiro atoms. The lowest BCUT2D eigenvalue weighted by Gasteiger charge is -2.55. The summed E-state index contributed by atoms with van der Waals surface area (Å²) in [4.78, 5) is 0. The number of rotatable bonds is 4. The average Bonchev–Trinajstić information content (AvgIpc) is 3.03. The maximum atomic E-state index is 10.2. The van der Waals surface area contributed by atoms with Crippen LogP contribution in [0.1, 0.15) is 86.5 Å². The molecule has 4 aliphatic rings. The number of fused-ring (bicyclic) bond motifs is 5. The fourth-order valence-electron chi connectivity index (χ4n) is 7.59. The molecular weight excluding hydrogens is 352 g/mol. The maximum Gasteiger partial charge on any atom is 0.0578 e. The fraction of sp³-hybridized carbons (Fsp3) is 0.786. The largest absolute Gasteiger partial charge is 0.393 e. The van der Waals surface area contributed by atoms with Gasteiger partial charge in [-0.1, -0.05) is 77.0 Å². The lowest BCUT2D eigenvalue weighted by Crippen LogP contribution is -2.46. The highest BCUT2D eigenvalue weighted by molar-refractivity contribution is 5.39. The van der Waals surface area contributed by atoms with E-state index >= 15 is 0 Å². The Bertz CT molecular complexity index is 712. The standard InChI is InChI=1S/C28H44O/c1-18(2)19(3)7-8-20(4)24-11-12-25-23-10-9-21-17-22(29)13-15-27(21,5)26(23)14-16-28(24,25)6/h7-10,18-20,22,24-26,29H,11-17H2,1-6H3/b8-7+/t19-,20+,22-,24+,25?,26?,27+,28+/m0/s1. The number of hydrogen-bond acceptors (Lipinski definition) is 1. The van der Waals surface area contributed by atoms with Crippen molar-refractivity contribution in [2.24, 2.45) is 46.3 Å². The highest BCUT2D eigenvalue weighted by atomic mass is 16.3. The zero-order chi connectivity index (χ0) is 21.0. The Hall–Kier alpha value is -0.820. The minimum absolute atomic E-state index is 0.116. The summed E-state index contributed by atoms with van der Waals surface area (Å²) in [5.74, 6) is 4.38. The van der Waals surface area contributed by atoms with Gasteiger partial charge in [-0.05, 0) is 91.3 Å². The van der Waals surface area contributed by atoms with Crippen LogP contribution in [0.25, 0.3) is 0 Å². The molecule has 0 radical (unpaired) electrons. The summed E-state index contributed by atoms with van der Waals surface area (Å²) < 4.78 is 0. The number of aliphatic hydroxyl groups excluding tert-OH is 1. The van der Waals surface area contributed by atoms with Gasteiger partial charge in [-0.15, -0.1) is 0 Å². The van der Waals surface area contributed by atoms with E-state index in [-0.39, 0.29) is 6.10 Å². The zero-order valence-corrected chi connectivity index (χ0v) is 19.7. The molecule has 4 rings (SSSR count). The van der Waals surface area contributed by atoms with Crippen LogP contribution in [0.4, 0.5) is 0 Å². The third kappa shape index (κ3) is 3.50. The van der Waals surface area contributed by atoms with E-state index in [1.165, 1.54) is 37.7 Å². The second-order valence-corrected chi connectivity index (χ2v) is 11.9. The SMILES string of the molecule is CC(C)[C@@H](C)/C=C/[C@@H](C)[C@H]1CCC2C3=CC=C4C[C@@H](O)CC[C@@]4(C)C3CC[C@@]21C. The zero-order valence-electron chi connectivity index (χ0n) is 19.7. The lowest BCUT2D eigenvalue weighted by molar-refractivity contribution is 0.0382. The molecule has 3 saturated carbocycles. The quantitative estimate of drug-likeness (QED) is 0.493. The summed E-state index contributed by atoms with van der Waals surface area (Å²) in [5, 5.41) is 10.2. The molecule has 2 unspecified atom stereocenters. The van der Waals surface area contributed by atoms with E-state index in [0.717, 1.165) is 36.5 Å². The Kier molecular flexibility index (Phi) is 5.69. The molecule has 0 saturated heterocycles. The first-order chi connectivity index (χ1) is 13.7. The van der Waals surface area contributed by atoms with E-state index in [1.807, 2.05) is 0 Å². The third-order valence-electron chi connectivity index (χ3n) is 10.0. The Morgan fingerprint density at radius 2 is 1.69 bits per heavy atom. The molecule has 0 bridgehead atoms. The van der Waals surface area contributed by atoms with Gasteiger partial charge in [0, 0.05) is 0 Å². The smallest absolute Gasteiger partial charge is 0.0578 e. The Labute approximate surface area is 179 Å². The van der Waals surface area contributed by atoms with E-state index in [1.54, 1.807) is 5.57 Å². The van der Waals surface area contributed by atoms with E-state index < -0.39 is 0 Å². The number of allylic oxidation sites excluding steroid dienone is 5. The van der Waals surface area contributed by atoms with Gasteiger partial charge in [0.25, 0.3) is 0 Å². The predicted octanol–water partition coefficient (Wildman–Crippen LogP) is 7.33. The van der Waals surface area contributed by atoms with Crippen molar-refractivity contribution < 1.29 is 5.11 Å². The summed E-state index contributed by atoms with van der Waals surface area (Å²) >= 11 is 0. The van der Waals surface area contributed by atoms with Crippen LogP contribution < -0.4 is 0 Å². The van der Waals surface area contributed by atoms with Crippen LogP contribution in [-0.4, -0.2) is 11.2 Å². The van der Waals surface area contributed by atoms with Crippen molar-refractivity contribution in [3.63, 3.8) is 0 Å². The van der Waals surface area contributed by atoms with Crippen LogP contribution in [0.3, 0.4) is 0 Å². The summed E-state index contributed by atoms with van der Waals surface area (Å²) in [6.07, 6.45) is 18.4. The van der Waals surface area contributed by atoms with Gasteiger partial charge in [0.2, 0.25) is 0 Å². The lowest BCUT2D eigenvalue weighted by atomic mass is 9.50. The van der Waals surface area contributed by atoms with Crippen molar-refractivity contribution in [3.8, 4) is 0 Å². The second kappa shape index (κ2) is 7.70. The molecule has 0 heterocycles. The van der Waals surface area contributed by atoms with E-state index in [9.17, 15) is 5.11 Å². The molecule has 0 aliphatic heterocycles. The molecule has 3 fully saturated rings. The molecule has 1 nitrogen and oxygen atoms in total. The molecule has 0 aromatic carbocycles. The molecule has 1 N–H and O–H groups in total. The Morgan fingerprint density at radius 1 is 0.931 bits per heavy atom. The van der Waals surface area contributed by atoms with Crippen molar-refractivity contribution in [1.29, 1.82) is 0 Å². The van der Waals surface area contributed by atoms with E-state index in [2.05, 4.69) is 65.8 Å². The topological polar surface area (TPSA) is 20.2 Å². The van der Waals surface area contributed by atoms with Crippen LogP contribution >= 0.6 is 0 Å². The van der Waals surface area contributed by atoms with E-state index in [4.69, 9.17) is 0 Å². The van der Waals surface area contributed by atoms with Gasteiger partial charge in [0.1, 0.15) is 0 Å². The second-order valence-electron chi connectivity index (χ2n) is 11.9. The van der Waals surface area contributed by atoms with Crippen LogP contribution in [0.15, 0.2) is 35.5 Å². The minimum Gasteiger partial charge on any atom is -0.393 e. The molecule has 0 aromatic rings. The van der Waals surface area contributed by atoms with Gasteiger partial charge in [-0.3, -0.25) is 0 Å². The van der Waals surface area contributed by atoms with Crippen molar-refractivity contribution in [2.45, 2.75) is 92.6 Å². The molecular formula is C28H44O. The molecule has 4 aliphatic carbocycles. The first-order valence-electron chi connectivity index (χ1n) is 12.4. The highest BCUT2D eigenvalue weighted by Crippen LogP contribution is 2.65. The summed E-state index contributed by atoms with van der Waals surface area (Å²) in [6.45, 7) is 14.6. The summed E-state index contributed by atoms with van der Waals surface area (Å²) in [7, 11) is 0. The monoisotopic (exact) mass is 396 g/mol. The molecule has 29 heavy (non-hydrogen) atoms. The first-order valence-corrected chi connectivity index (χ1v) is 12.4. The maximum absolute atomic E-state index is 10.2. The Morgan fingerprint density at radius 3 is 2.41 bits per heavy atom. The van der Waals surface area contributed by atoms with Crippen LogP contribution in [0.5, 0.6) is 0 Å². The molecule has 162 valence electrons. The van der Waals surface area contributed by atoms with Gasteiger partial charge < -0.3 is 5.11 Å². The fourth-order valence-corrected chi connectivity index (χ4v) is 7.59. The van der Waals surface area contributed by atoms with Crippen molar-refractivity contribution in [3.05, 3.63) is 35.5 Å². The van der Waals surface area contributed by atoms with Crippen molar-refractivity contribution in [2.75, 3.05) is 0 Å². The van der Waals surface area contributed by atoms with Gasteiger partial charge in [0.15, 0.2) is 0 Å². The number of hydrogen-bond donors (Lipinski definition) is 1. The van der Waals surface area contributed by atoms with Gasteiger partial charge >= 0.3 is 0 Å². The molecule has 0 amide bonds. The first kappa shape index (κ1) is 21.4. The van der Waals surface area contributed by atoms with Crippen molar-refractivity contribution >= 4 is 0 Å². The van der Waals surface area contributed by atoms with Crippen molar-refractivity contribution in [1.82, 2.24) is 0 Å². The highest BCUT2D eigenvalue weighted by Gasteiger charge is 2.56. The normalized spacial score (nSPS) is 44.0. The summed E-state index contributed by atoms with van der Waals surface area (Å²) in [6, 6.07) is 0. The molecule has 8 atom stereocenters. The average molecular weight is 397 g/mol. The van der Waals surface area contributed by atoms with E-state index in [0.29, 0.717) is 22.7 Å².